The predicted octanol–water partition coefficient (Wildman–Crippen LogP) is 2.03. The van der Waals surface area contributed by atoms with Crippen LogP contribution < -0.4 is 0 Å². The first-order valence-electron chi connectivity index (χ1n) is 6.74. The summed E-state index contributed by atoms with van der Waals surface area (Å²) >= 11 is 0. The van der Waals surface area contributed by atoms with E-state index in [0.717, 1.165) is 17.9 Å². The van der Waals surface area contributed by atoms with E-state index in [9.17, 15) is 8.42 Å². The zero-order valence-corrected chi connectivity index (χ0v) is 11.7. The van der Waals surface area contributed by atoms with Gasteiger partial charge < -0.3 is 4.42 Å². The molecule has 1 fully saturated rings. The van der Waals surface area contributed by atoms with E-state index in [4.69, 9.17) is 4.42 Å². The van der Waals surface area contributed by atoms with Gasteiger partial charge in [-0.3, -0.25) is 4.90 Å². The van der Waals surface area contributed by atoms with E-state index in [0.29, 0.717) is 18.0 Å². The number of hydrogen-bond acceptors (Lipinski definition) is 4. The summed E-state index contributed by atoms with van der Waals surface area (Å²) in [5, 5.41) is -0.296. The Morgan fingerprint density at radius 2 is 2.00 bits per heavy atom. The van der Waals surface area contributed by atoms with Gasteiger partial charge in [-0.1, -0.05) is 18.2 Å². The second-order valence-electron chi connectivity index (χ2n) is 5.50. The van der Waals surface area contributed by atoms with Crippen LogP contribution in [0, 0.1) is 0 Å². The minimum atomic E-state index is -3.17. The van der Waals surface area contributed by atoms with Crippen LogP contribution in [0.5, 0.6) is 0 Å². The van der Waals surface area contributed by atoms with Crippen LogP contribution in [0.2, 0.25) is 0 Å². The Balaban J connectivity index is 1.66. The van der Waals surface area contributed by atoms with Gasteiger partial charge in [0.2, 0.25) is 0 Å². The molecule has 5 heteroatoms. The van der Waals surface area contributed by atoms with Crippen LogP contribution in [0.25, 0.3) is 0 Å². The number of rotatable bonds is 2. The molecule has 0 spiro atoms. The summed E-state index contributed by atoms with van der Waals surface area (Å²) in [5.41, 5.74) is 0.986. The molecule has 0 amide bonds. The highest BCUT2D eigenvalue weighted by Crippen LogP contribution is 2.44. The number of nitrogens with zero attached hydrogens (tertiary/aromatic N) is 1. The average molecular weight is 289 g/mol. The molecule has 0 aliphatic carbocycles. The molecule has 1 aromatic heterocycles. The molecule has 4 rings (SSSR count). The van der Waals surface area contributed by atoms with Gasteiger partial charge in [-0.25, -0.2) is 8.42 Å². The Hall–Kier alpha value is -1.59. The maximum Gasteiger partial charge on any atom is 0.183 e. The standard InChI is InChI=1S/C15H15NO3S/c17-20(18)14-6-2-1-5-12(14)13-9-16(10-15(13)20)8-11-4-3-7-19-11/h1-7,13,15H,8-10H2/t13-,15+/m0/s1. The molecule has 2 atom stereocenters. The fraction of sp³-hybridized carbons (Fsp3) is 0.333. The summed E-state index contributed by atoms with van der Waals surface area (Å²) in [5.74, 6) is 0.988. The Labute approximate surface area is 117 Å². The van der Waals surface area contributed by atoms with Gasteiger partial charge in [-0.15, -0.1) is 0 Å². The first kappa shape index (κ1) is 12.2. The molecule has 2 aromatic rings. The van der Waals surface area contributed by atoms with E-state index in [-0.39, 0.29) is 11.2 Å². The smallest absolute Gasteiger partial charge is 0.183 e. The molecule has 0 unspecified atom stereocenters. The summed E-state index contributed by atoms with van der Waals surface area (Å²) in [4.78, 5) is 2.70. The fourth-order valence-electron chi connectivity index (χ4n) is 3.43. The average Bonchev–Trinajstić information content (AvgIpc) is 3.12. The van der Waals surface area contributed by atoms with Crippen molar-refractivity contribution < 1.29 is 12.8 Å². The molecule has 104 valence electrons. The molecule has 2 aliphatic heterocycles. The summed E-state index contributed by atoms with van der Waals surface area (Å²) in [7, 11) is -3.17. The summed E-state index contributed by atoms with van der Waals surface area (Å²) in [6.45, 7) is 2.04. The minimum Gasteiger partial charge on any atom is -0.468 e. The van der Waals surface area contributed by atoms with Crippen LogP contribution in [-0.2, 0) is 16.4 Å². The number of benzene rings is 1. The maximum atomic E-state index is 12.6. The third kappa shape index (κ3) is 1.66. The predicted molar refractivity (Wildman–Crippen MR) is 74.1 cm³/mol. The normalized spacial score (nSPS) is 27.4. The highest BCUT2D eigenvalue weighted by Gasteiger charge is 2.49. The first-order chi connectivity index (χ1) is 9.66. The molecule has 0 N–H and O–H groups in total. The number of likely N-dealkylation sites (tertiary alicyclic amines) is 1. The van der Waals surface area contributed by atoms with Crippen molar-refractivity contribution in [3.63, 3.8) is 0 Å². The lowest BCUT2D eigenvalue weighted by atomic mass is 9.99. The maximum absolute atomic E-state index is 12.6. The molecule has 3 heterocycles. The lowest BCUT2D eigenvalue weighted by Gasteiger charge is -2.15. The molecule has 1 aromatic carbocycles. The molecule has 4 nitrogen and oxygen atoms in total. The van der Waals surface area contributed by atoms with Crippen LogP contribution in [0.4, 0.5) is 0 Å². The van der Waals surface area contributed by atoms with Gasteiger partial charge >= 0.3 is 0 Å². The number of sulfone groups is 1. The zero-order chi connectivity index (χ0) is 13.7. The van der Waals surface area contributed by atoms with Crippen molar-refractivity contribution in [1.82, 2.24) is 4.90 Å². The monoisotopic (exact) mass is 289 g/mol. The minimum absolute atomic E-state index is 0.103. The van der Waals surface area contributed by atoms with Crippen LogP contribution >= 0.6 is 0 Å². The molecule has 1 saturated heterocycles. The quantitative estimate of drug-likeness (QED) is 0.849. The van der Waals surface area contributed by atoms with Crippen LogP contribution in [-0.4, -0.2) is 31.7 Å². The van der Waals surface area contributed by atoms with Crippen molar-refractivity contribution in [3.8, 4) is 0 Å². The van der Waals surface area contributed by atoms with E-state index < -0.39 is 9.84 Å². The van der Waals surface area contributed by atoms with Crippen molar-refractivity contribution >= 4 is 9.84 Å². The molecule has 0 bridgehead atoms. The van der Waals surface area contributed by atoms with Gasteiger partial charge in [0, 0.05) is 19.0 Å². The summed E-state index contributed by atoms with van der Waals surface area (Å²) < 4.78 is 30.5. The lowest BCUT2D eigenvalue weighted by Crippen LogP contribution is -2.25. The van der Waals surface area contributed by atoms with Crippen molar-refractivity contribution in [1.29, 1.82) is 0 Å². The molecule has 0 radical (unpaired) electrons. The van der Waals surface area contributed by atoms with E-state index in [1.807, 2.05) is 24.3 Å². The van der Waals surface area contributed by atoms with Crippen LogP contribution in [0.3, 0.4) is 0 Å². The molecular formula is C15H15NO3S. The van der Waals surface area contributed by atoms with Gasteiger partial charge in [0.1, 0.15) is 5.76 Å². The van der Waals surface area contributed by atoms with Crippen molar-refractivity contribution in [3.05, 3.63) is 54.0 Å². The molecular weight excluding hydrogens is 274 g/mol. The highest BCUT2D eigenvalue weighted by atomic mass is 32.2. The van der Waals surface area contributed by atoms with E-state index >= 15 is 0 Å². The second kappa shape index (κ2) is 4.20. The van der Waals surface area contributed by atoms with Gasteiger partial charge in [-0.05, 0) is 23.8 Å². The Bertz CT molecular complexity index is 736. The first-order valence-corrected chi connectivity index (χ1v) is 8.28. The zero-order valence-electron chi connectivity index (χ0n) is 10.9. The second-order valence-corrected chi connectivity index (χ2v) is 7.64. The van der Waals surface area contributed by atoms with Gasteiger partial charge in [0.25, 0.3) is 0 Å². The number of furan rings is 1. The number of hydrogen-bond donors (Lipinski definition) is 0. The van der Waals surface area contributed by atoms with E-state index in [2.05, 4.69) is 4.90 Å². The molecule has 0 saturated carbocycles. The Kier molecular flexibility index (Phi) is 2.56. The topological polar surface area (TPSA) is 50.5 Å². The SMILES string of the molecule is O=S1(=O)c2ccccc2[C@@H]2CN(Cc3ccco3)C[C@H]21. The summed E-state index contributed by atoms with van der Waals surface area (Å²) in [6.07, 6.45) is 1.65. The van der Waals surface area contributed by atoms with E-state index in [1.165, 1.54) is 0 Å². The fourth-order valence-corrected chi connectivity index (χ4v) is 5.64. The molecule has 2 aliphatic rings. The van der Waals surface area contributed by atoms with Gasteiger partial charge in [0.15, 0.2) is 9.84 Å². The van der Waals surface area contributed by atoms with Crippen molar-refractivity contribution in [2.24, 2.45) is 0 Å². The third-order valence-electron chi connectivity index (χ3n) is 4.32. The van der Waals surface area contributed by atoms with Crippen LogP contribution in [0.1, 0.15) is 17.2 Å². The van der Waals surface area contributed by atoms with Crippen LogP contribution in [0.15, 0.2) is 52.0 Å². The van der Waals surface area contributed by atoms with Crippen molar-refractivity contribution in [2.75, 3.05) is 13.1 Å². The Morgan fingerprint density at radius 1 is 1.15 bits per heavy atom. The lowest BCUT2D eigenvalue weighted by molar-refractivity contribution is 0.293. The van der Waals surface area contributed by atoms with Gasteiger partial charge in [0.05, 0.1) is 23.0 Å². The largest absolute Gasteiger partial charge is 0.468 e. The van der Waals surface area contributed by atoms with E-state index in [1.54, 1.807) is 18.4 Å². The third-order valence-corrected chi connectivity index (χ3v) is 6.58. The van der Waals surface area contributed by atoms with Gasteiger partial charge in [-0.2, -0.15) is 0 Å². The number of fused-ring (bicyclic) bond motifs is 3. The highest BCUT2D eigenvalue weighted by molar-refractivity contribution is 7.92. The Morgan fingerprint density at radius 3 is 2.80 bits per heavy atom. The summed E-state index contributed by atoms with van der Waals surface area (Å²) in [6, 6.07) is 11.2. The van der Waals surface area contributed by atoms with Crippen molar-refractivity contribution in [2.45, 2.75) is 22.6 Å². The molecule has 20 heavy (non-hydrogen) atoms.